The zero-order valence-corrected chi connectivity index (χ0v) is 15.6. The summed E-state index contributed by atoms with van der Waals surface area (Å²) in [6.45, 7) is 9.23. The van der Waals surface area contributed by atoms with E-state index in [1.165, 1.54) is 11.8 Å². The molecule has 0 spiro atoms. The highest BCUT2D eigenvalue weighted by atomic mass is 32.2. The maximum Gasteiger partial charge on any atom is 0.230 e. The van der Waals surface area contributed by atoms with Crippen molar-refractivity contribution in [1.29, 1.82) is 0 Å². The van der Waals surface area contributed by atoms with E-state index in [9.17, 15) is 4.79 Å². The van der Waals surface area contributed by atoms with Crippen LogP contribution in [0.2, 0.25) is 0 Å². The SMILES string of the molecule is CCCn1c(SCC(=O)NC(C)c2ccccc2)nnc1C(C)C. The minimum Gasteiger partial charge on any atom is -0.349 e. The van der Waals surface area contributed by atoms with Crippen molar-refractivity contribution < 1.29 is 4.79 Å². The smallest absolute Gasteiger partial charge is 0.230 e. The van der Waals surface area contributed by atoms with E-state index in [4.69, 9.17) is 0 Å². The molecule has 2 rings (SSSR count). The van der Waals surface area contributed by atoms with Crippen LogP contribution in [-0.2, 0) is 11.3 Å². The number of carbonyl (C=O) groups is 1. The number of rotatable bonds is 8. The number of hydrogen-bond acceptors (Lipinski definition) is 4. The van der Waals surface area contributed by atoms with Gasteiger partial charge in [0.05, 0.1) is 11.8 Å². The molecule has 1 N–H and O–H groups in total. The van der Waals surface area contributed by atoms with Crippen molar-refractivity contribution in [3.63, 3.8) is 0 Å². The summed E-state index contributed by atoms with van der Waals surface area (Å²) in [4.78, 5) is 12.2. The van der Waals surface area contributed by atoms with Gasteiger partial charge in [-0.1, -0.05) is 62.9 Å². The van der Waals surface area contributed by atoms with E-state index in [0.29, 0.717) is 11.7 Å². The standard InChI is InChI=1S/C18H26N4OS/c1-5-11-22-17(13(2)3)20-21-18(22)24-12-16(23)19-14(4)15-9-7-6-8-10-15/h6-10,13-14H,5,11-12H2,1-4H3,(H,19,23). The van der Waals surface area contributed by atoms with Crippen LogP contribution in [0.5, 0.6) is 0 Å². The number of carbonyl (C=O) groups excluding carboxylic acids is 1. The van der Waals surface area contributed by atoms with Gasteiger partial charge in [-0.05, 0) is 18.9 Å². The minimum absolute atomic E-state index is 0.000892. The molecule has 0 aliphatic carbocycles. The second kappa shape index (κ2) is 8.87. The van der Waals surface area contributed by atoms with E-state index in [0.717, 1.165) is 29.5 Å². The first-order valence-electron chi connectivity index (χ1n) is 8.43. The van der Waals surface area contributed by atoms with Crippen LogP contribution < -0.4 is 5.32 Å². The maximum absolute atomic E-state index is 12.2. The molecule has 2 aromatic rings. The van der Waals surface area contributed by atoms with Crippen LogP contribution in [0.4, 0.5) is 0 Å². The van der Waals surface area contributed by atoms with Crippen LogP contribution >= 0.6 is 11.8 Å². The van der Waals surface area contributed by atoms with E-state index < -0.39 is 0 Å². The van der Waals surface area contributed by atoms with E-state index in [-0.39, 0.29) is 11.9 Å². The molecule has 0 aliphatic rings. The Balaban J connectivity index is 1.94. The number of hydrogen-bond donors (Lipinski definition) is 1. The molecule has 0 bridgehead atoms. The first-order valence-corrected chi connectivity index (χ1v) is 9.41. The molecule has 0 aliphatic heterocycles. The Hall–Kier alpha value is -1.82. The lowest BCUT2D eigenvalue weighted by Gasteiger charge is -2.14. The van der Waals surface area contributed by atoms with Crippen LogP contribution in [-0.4, -0.2) is 26.4 Å². The summed E-state index contributed by atoms with van der Waals surface area (Å²) in [6.07, 6.45) is 1.02. The third-order valence-corrected chi connectivity index (χ3v) is 4.69. The Kier molecular flexibility index (Phi) is 6.85. The number of benzene rings is 1. The average Bonchev–Trinajstić information content (AvgIpc) is 2.97. The molecule has 1 aromatic carbocycles. The van der Waals surface area contributed by atoms with Gasteiger partial charge in [-0.2, -0.15) is 0 Å². The predicted molar refractivity (Wildman–Crippen MR) is 98.1 cm³/mol. The van der Waals surface area contributed by atoms with Crippen LogP contribution in [0.1, 0.15) is 57.5 Å². The number of amides is 1. The number of thioether (sulfide) groups is 1. The van der Waals surface area contributed by atoms with E-state index in [2.05, 4.69) is 40.9 Å². The van der Waals surface area contributed by atoms with Crippen LogP contribution in [0.15, 0.2) is 35.5 Å². The molecule has 0 radical (unpaired) electrons. The van der Waals surface area contributed by atoms with Crippen molar-refractivity contribution in [2.75, 3.05) is 5.75 Å². The molecule has 0 saturated heterocycles. The van der Waals surface area contributed by atoms with Crippen molar-refractivity contribution in [1.82, 2.24) is 20.1 Å². The Morgan fingerprint density at radius 3 is 2.54 bits per heavy atom. The molecule has 0 fully saturated rings. The van der Waals surface area contributed by atoms with Gasteiger partial charge in [0.25, 0.3) is 0 Å². The Labute approximate surface area is 148 Å². The van der Waals surface area contributed by atoms with E-state index in [1.807, 2.05) is 37.3 Å². The summed E-state index contributed by atoms with van der Waals surface area (Å²) in [6, 6.07) is 9.97. The van der Waals surface area contributed by atoms with Gasteiger partial charge in [0.2, 0.25) is 5.91 Å². The van der Waals surface area contributed by atoms with Gasteiger partial charge in [0.1, 0.15) is 5.82 Å². The Morgan fingerprint density at radius 2 is 1.92 bits per heavy atom. The largest absolute Gasteiger partial charge is 0.349 e. The highest BCUT2D eigenvalue weighted by molar-refractivity contribution is 7.99. The van der Waals surface area contributed by atoms with E-state index in [1.54, 1.807) is 0 Å². The fourth-order valence-corrected chi connectivity index (χ4v) is 3.29. The van der Waals surface area contributed by atoms with Gasteiger partial charge < -0.3 is 9.88 Å². The molecule has 1 unspecified atom stereocenters. The summed E-state index contributed by atoms with van der Waals surface area (Å²) < 4.78 is 2.13. The van der Waals surface area contributed by atoms with Gasteiger partial charge in [-0.25, -0.2) is 0 Å². The quantitative estimate of drug-likeness (QED) is 0.739. The molecule has 0 saturated carbocycles. The number of aromatic nitrogens is 3. The molecule has 1 atom stereocenters. The number of nitrogens with one attached hydrogen (secondary N) is 1. The zero-order chi connectivity index (χ0) is 17.5. The summed E-state index contributed by atoms with van der Waals surface area (Å²) >= 11 is 1.45. The third kappa shape index (κ3) is 4.84. The zero-order valence-electron chi connectivity index (χ0n) is 14.8. The second-order valence-electron chi connectivity index (χ2n) is 6.14. The van der Waals surface area contributed by atoms with Crippen molar-refractivity contribution in [3.8, 4) is 0 Å². The average molecular weight is 347 g/mol. The fourth-order valence-electron chi connectivity index (χ4n) is 2.51. The number of nitrogens with zero attached hydrogens (tertiary/aromatic N) is 3. The molecular weight excluding hydrogens is 320 g/mol. The predicted octanol–water partition coefficient (Wildman–Crippen LogP) is 3.78. The molecule has 1 amide bonds. The van der Waals surface area contributed by atoms with Crippen LogP contribution in [0.3, 0.4) is 0 Å². The van der Waals surface area contributed by atoms with Gasteiger partial charge in [-0.15, -0.1) is 10.2 Å². The molecule has 130 valence electrons. The summed E-state index contributed by atoms with van der Waals surface area (Å²) in [5.41, 5.74) is 1.10. The Morgan fingerprint density at radius 1 is 1.21 bits per heavy atom. The van der Waals surface area contributed by atoms with Gasteiger partial charge in [-0.3, -0.25) is 4.79 Å². The molecule has 24 heavy (non-hydrogen) atoms. The van der Waals surface area contributed by atoms with E-state index >= 15 is 0 Å². The lowest BCUT2D eigenvalue weighted by Crippen LogP contribution is -2.28. The maximum atomic E-state index is 12.2. The normalized spacial score (nSPS) is 12.4. The lowest BCUT2D eigenvalue weighted by atomic mass is 10.1. The first kappa shape index (κ1) is 18.5. The van der Waals surface area contributed by atoms with Crippen LogP contribution in [0, 0.1) is 0 Å². The summed E-state index contributed by atoms with van der Waals surface area (Å²) in [7, 11) is 0. The van der Waals surface area contributed by atoms with Gasteiger partial charge in [0.15, 0.2) is 5.16 Å². The molecule has 1 aromatic heterocycles. The molecule has 6 heteroatoms. The molecule has 1 heterocycles. The molecule has 5 nitrogen and oxygen atoms in total. The highest BCUT2D eigenvalue weighted by Gasteiger charge is 2.16. The first-order chi connectivity index (χ1) is 11.5. The summed E-state index contributed by atoms with van der Waals surface area (Å²) in [5, 5.41) is 12.4. The monoisotopic (exact) mass is 346 g/mol. The summed E-state index contributed by atoms with van der Waals surface area (Å²) in [5.74, 6) is 1.66. The fraction of sp³-hybridized carbons (Fsp3) is 0.500. The topological polar surface area (TPSA) is 59.8 Å². The molecular formula is C18H26N4OS. The highest BCUT2D eigenvalue weighted by Crippen LogP contribution is 2.22. The third-order valence-electron chi connectivity index (χ3n) is 3.72. The lowest BCUT2D eigenvalue weighted by molar-refractivity contribution is -0.119. The van der Waals surface area contributed by atoms with Crippen molar-refractivity contribution in [2.24, 2.45) is 0 Å². The van der Waals surface area contributed by atoms with Crippen molar-refractivity contribution in [3.05, 3.63) is 41.7 Å². The van der Waals surface area contributed by atoms with Crippen molar-refractivity contribution >= 4 is 17.7 Å². The van der Waals surface area contributed by atoms with Crippen molar-refractivity contribution in [2.45, 2.75) is 57.8 Å². The van der Waals surface area contributed by atoms with Crippen LogP contribution in [0.25, 0.3) is 0 Å². The second-order valence-corrected chi connectivity index (χ2v) is 7.08. The minimum atomic E-state index is -0.000892. The Bertz CT molecular complexity index is 654. The van der Waals surface area contributed by atoms with Gasteiger partial charge in [0, 0.05) is 12.5 Å². The van der Waals surface area contributed by atoms with Gasteiger partial charge >= 0.3 is 0 Å².